The van der Waals surface area contributed by atoms with Crippen LogP contribution in [0.25, 0.3) is 0 Å². The highest BCUT2D eigenvalue weighted by Gasteiger charge is 2.52. The van der Waals surface area contributed by atoms with Crippen molar-refractivity contribution in [3.05, 3.63) is 0 Å². The first-order chi connectivity index (χ1) is 19.4. The van der Waals surface area contributed by atoms with Crippen LogP contribution < -0.4 is 0 Å². The Morgan fingerprint density at radius 2 is 1.10 bits per heavy atom. The molecule has 3 saturated carbocycles. The van der Waals surface area contributed by atoms with Crippen molar-refractivity contribution in [2.24, 2.45) is 29.6 Å². The zero-order valence-electron chi connectivity index (χ0n) is 23.8. The van der Waals surface area contributed by atoms with E-state index in [0.29, 0.717) is 56.7 Å². The van der Waals surface area contributed by atoms with Gasteiger partial charge < -0.3 is 18.9 Å². The first-order valence-electron chi connectivity index (χ1n) is 15.4. The molecule has 12 heteroatoms. The third kappa shape index (κ3) is 9.65. The lowest BCUT2D eigenvalue weighted by Gasteiger charge is -2.42. The average molecular weight is 607 g/mol. The minimum atomic E-state index is -5.46. The van der Waals surface area contributed by atoms with Crippen molar-refractivity contribution < 1.29 is 54.4 Å². The largest absolute Gasteiger partial charge is 0.527 e. The lowest BCUT2D eigenvalue weighted by atomic mass is 9.69. The molecule has 0 aromatic rings. The van der Waals surface area contributed by atoms with Crippen molar-refractivity contribution in [1.82, 2.24) is 0 Å². The monoisotopic (exact) mass is 606 g/mol. The van der Waals surface area contributed by atoms with Crippen molar-refractivity contribution in [1.29, 1.82) is 0 Å². The fourth-order valence-corrected chi connectivity index (χ4v) is 7.15. The van der Waals surface area contributed by atoms with E-state index in [-0.39, 0.29) is 38.1 Å². The Balaban J connectivity index is 1.13. The fraction of sp³-hybridized carbons (Fsp3) is 1.00. The van der Waals surface area contributed by atoms with Crippen molar-refractivity contribution >= 4 is 0 Å². The van der Waals surface area contributed by atoms with Crippen LogP contribution in [0.1, 0.15) is 96.8 Å². The third-order valence-electron chi connectivity index (χ3n) is 9.58. The van der Waals surface area contributed by atoms with E-state index >= 15 is 8.78 Å². The van der Waals surface area contributed by atoms with Crippen LogP contribution in [0.3, 0.4) is 0 Å². The molecule has 3 aliphatic carbocycles. The number of unbranched alkanes of at least 4 members (excludes halogenated alkanes) is 1. The van der Waals surface area contributed by atoms with Crippen LogP contribution in [0.2, 0.25) is 0 Å². The molecule has 41 heavy (non-hydrogen) atoms. The van der Waals surface area contributed by atoms with Gasteiger partial charge in [-0.3, -0.25) is 0 Å². The summed E-state index contributed by atoms with van der Waals surface area (Å²) < 4.78 is 120. The molecular weight excluding hydrogens is 561 g/mol. The molecule has 0 radical (unpaired) electrons. The van der Waals surface area contributed by atoms with E-state index in [1.54, 1.807) is 0 Å². The zero-order chi connectivity index (χ0) is 29.7. The third-order valence-corrected chi connectivity index (χ3v) is 9.58. The van der Waals surface area contributed by atoms with Gasteiger partial charge in [-0.25, -0.2) is 4.74 Å². The summed E-state index contributed by atoms with van der Waals surface area (Å²) in [5, 5.41) is 0. The molecule has 5 nitrogen and oxygen atoms in total. The maximum absolute atomic E-state index is 15.0. The molecule has 1 aliphatic heterocycles. The Kier molecular flexibility index (Phi) is 11.7. The van der Waals surface area contributed by atoms with Gasteiger partial charge in [-0.05, 0) is 95.3 Å². The van der Waals surface area contributed by atoms with Gasteiger partial charge >= 0.3 is 18.6 Å². The smallest absolute Gasteiger partial charge is 0.373 e. The minimum absolute atomic E-state index is 0.0101. The normalized spacial score (nSPS) is 36.3. The molecule has 0 bridgehead atoms. The number of alkyl halides is 7. The molecule has 4 fully saturated rings. The first-order valence-corrected chi connectivity index (χ1v) is 15.4. The van der Waals surface area contributed by atoms with Gasteiger partial charge in [0.25, 0.3) is 0 Å². The molecule has 0 spiro atoms. The van der Waals surface area contributed by atoms with Crippen molar-refractivity contribution in [2.75, 3.05) is 19.8 Å². The molecule has 0 atom stereocenters. The molecular formula is C29H45F7O5. The van der Waals surface area contributed by atoms with Gasteiger partial charge in [0.15, 0.2) is 6.29 Å². The molecule has 4 aliphatic rings. The lowest BCUT2D eigenvalue weighted by Crippen LogP contribution is -2.43. The Morgan fingerprint density at radius 1 is 0.610 bits per heavy atom. The number of ether oxygens (including phenoxy) is 5. The van der Waals surface area contributed by atoms with Gasteiger partial charge in [-0.2, -0.15) is 17.6 Å². The molecule has 240 valence electrons. The van der Waals surface area contributed by atoms with Crippen LogP contribution in [0.5, 0.6) is 0 Å². The van der Waals surface area contributed by atoms with Gasteiger partial charge in [0.05, 0.1) is 31.2 Å². The number of hydrogen-bond donors (Lipinski definition) is 0. The molecule has 0 N–H and O–H groups in total. The van der Waals surface area contributed by atoms with Crippen LogP contribution >= 0.6 is 0 Å². The molecule has 1 saturated heterocycles. The van der Waals surface area contributed by atoms with Crippen molar-refractivity contribution in [3.63, 3.8) is 0 Å². The van der Waals surface area contributed by atoms with Gasteiger partial charge in [-0.15, -0.1) is 13.2 Å². The Bertz CT molecular complexity index is 766. The second-order valence-electron chi connectivity index (χ2n) is 12.4. The Morgan fingerprint density at radius 3 is 1.63 bits per heavy atom. The highest BCUT2D eigenvalue weighted by molar-refractivity contribution is 4.86. The summed E-state index contributed by atoms with van der Waals surface area (Å²) >= 11 is 0. The van der Waals surface area contributed by atoms with E-state index in [9.17, 15) is 22.0 Å². The quantitative estimate of drug-likeness (QED) is 0.175. The van der Waals surface area contributed by atoms with E-state index in [1.165, 1.54) is 0 Å². The van der Waals surface area contributed by atoms with E-state index in [0.717, 1.165) is 45.1 Å². The summed E-state index contributed by atoms with van der Waals surface area (Å²) in [5.41, 5.74) is 0. The summed E-state index contributed by atoms with van der Waals surface area (Å²) in [6, 6.07) is 0. The van der Waals surface area contributed by atoms with Gasteiger partial charge in [0, 0.05) is 12.5 Å². The van der Waals surface area contributed by atoms with Gasteiger partial charge in [0.1, 0.15) is 6.10 Å². The predicted octanol–water partition coefficient (Wildman–Crippen LogP) is 8.45. The fourth-order valence-electron chi connectivity index (χ4n) is 7.15. The van der Waals surface area contributed by atoms with Crippen LogP contribution in [-0.4, -0.2) is 56.9 Å². The van der Waals surface area contributed by atoms with Crippen LogP contribution in [-0.2, 0) is 23.7 Å². The molecule has 1 heterocycles. The SMILES string of the molecule is CCCCOC1COC(C2CCC(C3CCC(C(F)(F)OC4CCC(C(F)(F)OC(F)(F)F)CC4)CC3)CC2)OC1. The number of halogens is 7. The molecule has 0 aromatic heterocycles. The van der Waals surface area contributed by atoms with Gasteiger partial charge in [-0.1, -0.05) is 13.3 Å². The molecule has 0 aromatic carbocycles. The van der Waals surface area contributed by atoms with E-state index in [1.807, 2.05) is 0 Å². The highest BCUT2D eigenvalue weighted by Crippen LogP contribution is 2.48. The van der Waals surface area contributed by atoms with Crippen LogP contribution in [0.4, 0.5) is 30.7 Å². The number of rotatable bonds is 11. The van der Waals surface area contributed by atoms with Crippen LogP contribution in [0, 0.1) is 29.6 Å². The average Bonchev–Trinajstić information content (AvgIpc) is 2.93. The summed E-state index contributed by atoms with van der Waals surface area (Å²) in [5.74, 6) is -1.41. The first kappa shape index (κ1) is 33.2. The molecule has 4 rings (SSSR count). The zero-order valence-corrected chi connectivity index (χ0v) is 23.8. The Labute approximate surface area is 238 Å². The highest BCUT2D eigenvalue weighted by atomic mass is 19.4. The minimum Gasteiger partial charge on any atom is -0.373 e. The molecule has 0 amide bonds. The second kappa shape index (κ2) is 14.4. The summed E-state index contributed by atoms with van der Waals surface area (Å²) in [6.45, 7) is 3.94. The van der Waals surface area contributed by atoms with Crippen LogP contribution in [0.15, 0.2) is 0 Å². The van der Waals surface area contributed by atoms with E-state index in [4.69, 9.17) is 18.9 Å². The standard InChI is InChI=1S/C29H45F7O5/c1-2-3-16-37-25-17-38-26(39-18-25)21-6-4-19(5-7-21)20-8-10-22(11-9-20)27(30,31)40-24-14-12-23(13-15-24)28(32,33)41-29(34,35)36/h19-26H,2-18H2,1H3. The summed E-state index contributed by atoms with van der Waals surface area (Å²) in [6.07, 6.45) is -7.27. The maximum Gasteiger partial charge on any atom is 0.527 e. The number of hydrogen-bond acceptors (Lipinski definition) is 5. The predicted molar refractivity (Wildman–Crippen MR) is 135 cm³/mol. The Hall–Kier alpha value is -0.690. The van der Waals surface area contributed by atoms with Crippen molar-refractivity contribution in [3.8, 4) is 0 Å². The topological polar surface area (TPSA) is 46.2 Å². The van der Waals surface area contributed by atoms with E-state index in [2.05, 4.69) is 11.7 Å². The lowest BCUT2D eigenvalue weighted by molar-refractivity contribution is -0.439. The molecule has 0 unspecified atom stereocenters. The maximum atomic E-state index is 15.0. The second-order valence-corrected chi connectivity index (χ2v) is 12.4. The summed E-state index contributed by atoms with van der Waals surface area (Å²) in [4.78, 5) is 0. The van der Waals surface area contributed by atoms with Crippen molar-refractivity contribution in [2.45, 2.75) is 134 Å². The van der Waals surface area contributed by atoms with E-state index < -0.39 is 36.5 Å². The summed E-state index contributed by atoms with van der Waals surface area (Å²) in [7, 11) is 0. The van der Waals surface area contributed by atoms with Gasteiger partial charge in [0.2, 0.25) is 0 Å².